The molecule has 1 aliphatic heterocycles. The number of rotatable bonds is 4. The molecule has 0 aromatic rings. The van der Waals surface area contributed by atoms with Crippen LogP contribution in [0.5, 0.6) is 0 Å². The van der Waals surface area contributed by atoms with Crippen LogP contribution in [0.3, 0.4) is 0 Å². The fraction of sp³-hybridized carbons (Fsp3) is 0.875. The average molecular weight is 142 g/mol. The molecule has 0 aromatic carbocycles. The Morgan fingerprint density at radius 1 is 1.60 bits per heavy atom. The van der Waals surface area contributed by atoms with Crippen LogP contribution in [0.2, 0.25) is 0 Å². The quantitative estimate of drug-likeness (QED) is 0.603. The number of nitrogens with one attached hydrogen (secondary N) is 1. The van der Waals surface area contributed by atoms with Crippen LogP contribution in [0, 0.1) is 6.73 Å². The molecule has 0 amide bonds. The molecule has 1 radical (unpaired) electrons. The molecule has 0 aliphatic carbocycles. The molecule has 1 N–H and O–H groups in total. The Hall–Kier alpha value is -0.0800. The summed E-state index contributed by atoms with van der Waals surface area (Å²) in [5.41, 5.74) is 0. The predicted octanol–water partition coefficient (Wildman–Crippen LogP) is 1.67. The molecule has 1 rings (SSSR count). The van der Waals surface area contributed by atoms with Crippen molar-refractivity contribution in [3.8, 4) is 0 Å². The number of unbranched alkanes of at least 4 members (excludes halogenated alkanes) is 2. The zero-order valence-corrected chi connectivity index (χ0v) is 6.60. The van der Waals surface area contributed by atoms with Crippen molar-refractivity contribution in [1.29, 1.82) is 0 Å². The van der Waals surface area contributed by atoms with E-state index in [1.54, 1.807) is 6.73 Å². The highest BCUT2D eigenvalue weighted by molar-refractivity contribution is 4.71. The van der Waals surface area contributed by atoms with Gasteiger partial charge in [0.25, 0.3) is 0 Å². The van der Waals surface area contributed by atoms with E-state index in [-0.39, 0.29) is 0 Å². The second-order valence-corrected chi connectivity index (χ2v) is 2.78. The molecule has 2 heteroatoms. The Labute approximate surface area is 63.0 Å². The summed E-state index contributed by atoms with van der Waals surface area (Å²) in [6.07, 6.45) is 5.59. The van der Waals surface area contributed by atoms with Gasteiger partial charge in [-0.2, -0.15) is 0 Å². The normalized spacial score (nSPS) is 25.5. The Kier molecular flexibility index (Phi) is 3.76. The fourth-order valence-electron chi connectivity index (χ4n) is 1.16. The highest BCUT2D eigenvalue weighted by atomic mass is 16.5. The molecule has 10 heavy (non-hydrogen) atoms. The molecule has 0 spiro atoms. The van der Waals surface area contributed by atoms with E-state index in [2.05, 4.69) is 12.2 Å². The van der Waals surface area contributed by atoms with Gasteiger partial charge in [-0.3, -0.25) is 5.32 Å². The van der Waals surface area contributed by atoms with Crippen molar-refractivity contribution in [3.63, 3.8) is 0 Å². The number of ether oxygens (including phenoxy) is 1. The summed E-state index contributed by atoms with van der Waals surface area (Å²) in [6, 6.07) is 0. The first-order valence-corrected chi connectivity index (χ1v) is 4.14. The van der Waals surface area contributed by atoms with Crippen LogP contribution in [-0.2, 0) is 4.74 Å². The summed E-state index contributed by atoms with van der Waals surface area (Å²) in [5.74, 6) is 0. The predicted molar refractivity (Wildman–Crippen MR) is 41.3 cm³/mol. The maximum atomic E-state index is 5.26. The third-order valence-corrected chi connectivity index (χ3v) is 1.82. The summed E-state index contributed by atoms with van der Waals surface area (Å²) in [7, 11) is 0. The van der Waals surface area contributed by atoms with Gasteiger partial charge >= 0.3 is 0 Å². The van der Waals surface area contributed by atoms with Crippen LogP contribution in [0.1, 0.15) is 32.6 Å². The SMILES string of the molecule is CCCCCC1CN[CH]O1. The minimum absolute atomic E-state index is 0.451. The minimum atomic E-state index is 0.451. The summed E-state index contributed by atoms with van der Waals surface area (Å²) in [5, 5.41) is 3.05. The first-order valence-electron chi connectivity index (χ1n) is 4.14. The molecule has 0 saturated carbocycles. The van der Waals surface area contributed by atoms with Gasteiger partial charge in [-0.25, -0.2) is 0 Å². The molecule has 1 heterocycles. The van der Waals surface area contributed by atoms with Gasteiger partial charge in [0, 0.05) is 6.54 Å². The van der Waals surface area contributed by atoms with Crippen LogP contribution in [0.15, 0.2) is 0 Å². The molecule has 1 saturated heterocycles. The maximum absolute atomic E-state index is 5.26. The zero-order valence-electron chi connectivity index (χ0n) is 6.60. The van der Waals surface area contributed by atoms with Crippen molar-refractivity contribution in [2.75, 3.05) is 6.54 Å². The van der Waals surface area contributed by atoms with Crippen molar-refractivity contribution < 1.29 is 4.74 Å². The molecule has 1 aliphatic rings. The first-order chi connectivity index (χ1) is 4.93. The van der Waals surface area contributed by atoms with Gasteiger partial charge in [-0.1, -0.05) is 26.2 Å². The summed E-state index contributed by atoms with van der Waals surface area (Å²) in [4.78, 5) is 0. The molecule has 2 nitrogen and oxygen atoms in total. The van der Waals surface area contributed by atoms with Crippen molar-refractivity contribution >= 4 is 0 Å². The van der Waals surface area contributed by atoms with Crippen molar-refractivity contribution in [2.24, 2.45) is 0 Å². The molecule has 59 valence electrons. The highest BCUT2D eigenvalue weighted by Crippen LogP contribution is 2.09. The Morgan fingerprint density at radius 2 is 2.50 bits per heavy atom. The largest absolute Gasteiger partial charge is 0.355 e. The van der Waals surface area contributed by atoms with E-state index in [0.29, 0.717) is 6.10 Å². The van der Waals surface area contributed by atoms with E-state index >= 15 is 0 Å². The summed E-state index contributed by atoms with van der Waals surface area (Å²) >= 11 is 0. The standard InChI is InChI=1S/C8H16NO/c1-2-3-4-5-8-6-9-7-10-8/h7-9H,2-6H2,1H3. The second-order valence-electron chi connectivity index (χ2n) is 2.78. The van der Waals surface area contributed by atoms with Gasteiger partial charge in [-0.05, 0) is 6.42 Å². The molecule has 1 unspecified atom stereocenters. The van der Waals surface area contributed by atoms with E-state index in [9.17, 15) is 0 Å². The lowest BCUT2D eigenvalue weighted by Gasteiger charge is -2.05. The van der Waals surface area contributed by atoms with Gasteiger partial charge in [0.2, 0.25) is 0 Å². The van der Waals surface area contributed by atoms with Gasteiger partial charge in [-0.15, -0.1) is 0 Å². The van der Waals surface area contributed by atoms with E-state index in [4.69, 9.17) is 4.74 Å². The van der Waals surface area contributed by atoms with E-state index in [1.807, 2.05) is 0 Å². The minimum Gasteiger partial charge on any atom is -0.355 e. The summed E-state index contributed by atoms with van der Waals surface area (Å²) in [6.45, 7) is 4.93. The maximum Gasteiger partial charge on any atom is 0.148 e. The Morgan fingerprint density at radius 3 is 3.10 bits per heavy atom. The van der Waals surface area contributed by atoms with Crippen LogP contribution in [-0.4, -0.2) is 12.6 Å². The van der Waals surface area contributed by atoms with Gasteiger partial charge in [0.1, 0.15) is 6.73 Å². The number of hydrogen-bond acceptors (Lipinski definition) is 2. The lowest BCUT2D eigenvalue weighted by molar-refractivity contribution is 0.148. The molecular weight excluding hydrogens is 126 g/mol. The Balaban J connectivity index is 1.91. The van der Waals surface area contributed by atoms with Gasteiger partial charge in [0.05, 0.1) is 6.10 Å². The van der Waals surface area contributed by atoms with Crippen LogP contribution in [0.25, 0.3) is 0 Å². The third kappa shape index (κ3) is 2.67. The molecule has 0 bridgehead atoms. The molecular formula is C8H16NO. The summed E-state index contributed by atoms with van der Waals surface area (Å²) < 4.78 is 5.26. The molecule has 1 fully saturated rings. The van der Waals surface area contributed by atoms with Crippen LogP contribution in [0.4, 0.5) is 0 Å². The topological polar surface area (TPSA) is 21.3 Å². The van der Waals surface area contributed by atoms with Crippen molar-refractivity contribution in [1.82, 2.24) is 5.32 Å². The van der Waals surface area contributed by atoms with E-state index in [1.165, 1.54) is 25.7 Å². The first kappa shape index (κ1) is 8.02. The lowest BCUT2D eigenvalue weighted by Crippen LogP contribution is -2.12. The monoisotopic (exact) mass is 142 g/mol. The smallest absolute Gasteiger partial charge is 0.148 e. The van der Waals surface area contributed by atoms with Crippen LogP contribution >= 0.6 is 0 Å². The zero-order chi connectivity index (χ0) is 7.23. The second kappa shape index (κ2) is 4.69. The van der Waals surface area contributed by atoms with Gasteiger partial charge in [0.15, 0.2) is 0 Å². The number of hydrogen-bond donors (Lipinski definition) is 1. The molecule has 1 atom stereocenters. The van der Waals surface area contributed by atoms with E-state index in [0.717, 1.165) is 6.54 Å². The highest BCUT2D eigenvalue weighted by Gasteiger charge is 2.13. The third-order valence-electron chi connectivity index (χ3n) is 1.82. The fourth-order valence-corrected chi connectivity index (χ4v) is 1.16. The van der Waals surface area contributed by atoms with E-state index < -0.39 is 0 Å². The lowest BCUT2D eigenvalue weighted by atomic mass is 10.1. The average Bonchev–Trinajstić information content (AvgIpc) is 2.41. The van der Waals surface area contributed by atoms with Gasteiger partial charge < -0.3 is 4.74 Å². The van der Waals surface area contributed by atoms with Crippen molar-refractivity contribution in [2.45, 2.75) is 38.7 Å². The Bertz CT molecular complexity index is 79.3. The van der Waals surface area contributed by atoms with Crippen LogP contribution < -0.4 is 5.32 Å². The molecule has 0 aromatic heterocycles. The van der Waals surface area contributed by atoms with Crippen molar-refractivity contribution in [3.05, 3.63) is 6.73 Å².